The van der Waals surface area contributed by atoms with Crippen LogP contribution in [0.2, 0.25) is 0 Å². The van der Waals surface area contributed by atoms with Crippen molar-refractivity contribution in [3.05, 3.63) is 41.5 Å². The average molecular weight is 279 g/mol. The van der Waals surface area contributed by atoms with Gasteiger partial charge in [0.05, 0.1) is 0 Å². The number of nitrogens with two attached hydrogens (primary N) is 1. The molecule has 0 radical (unpaired) electrons. The number of hydrazine groups is 2. The summed E-state index contributed by atoms with van der Waals surface area (Å²) in [7, 11) is 0. The van der Waals surface area contributed by atoms with E-state index in [1.54, 1.807) is 0 Å². The van der Waals surface area contributed by atoms with Crippen LogP contribution in [0.25, 0.3) is 0 Å². The zero-order chi connectivity index (χ0) is 14.1. The minimum absolute atomic E-state index is 0.0519. The maximum Gasteiger partial charge on any atom is 0.172 e. The normalized spacial score (nSPS) is 12.5. The fourth-order valence-corrected chi connectivity index (χ4v) is 1.81. The van der Waals surface area contributed by atoms with Gasteiger partial charge in [0.1, 0.15) is 29.7 Å². The van der Waals surface area contributed by atoms with Gasteiger partial charge in [0.2, 0.25) is 0 Å². The summed E-state index contributed by atoms with van der Waals surface area (Å²) in [5, 5.41) is 0. The third-order valence-electron chi connectivity index (χ3n) is 2.77. The molecule has 0 bridgehead atoms. The van der Waals surface area contributed by atoms with Gasteiger partial charge in [-0.05, 0) is 12.1 Å². The van der Waals surface area contributed by atoms with Crippen molar-refractivity contribution in [1.82, 2.24) is 10.5 Å². The largest absolute Gasteiger partial charge is 0.486 e. The summed E-state index contributed by atoms with van der Waals surface area (Å²) >= 11 is 0. The number of ether oxygens (including phenoxy) is 1. The number of pyridine rings is 1. The maximum atomic E-state index is 13.5. The van der Waals surface area contributed by atoms with Crippen molar-refractivity contribution in [2.75, 3.05) is 16.6 Å². The first-order chi connectivity index (χ1) is 9.63. The Morgan fingerprint density at radius 3 is 2.85 bits per heavy atom. The lowest BCUT2D eigenvalue weighted by atomic mass is 10.2. The number of aromatic nitrogens is 1. The molecule has 0 amide bonds. The molecule has 104 valence electrons. The molecule has 2 aromatic rings. The molecule has 0 aliphatic carbocycles. The van der Waals surface area contributed by atoms with E-state index in [0.29, 0.717) is 17.3 Å². The molecular formula is C12H11F2N5O. The van der Waals surface area contributed by atoms with Crippen LogP contribution >= 0.6 is 0 Å². The lowest BCUT2D eigenvalue weighted by Gasteiger charge is -2.10. The van der Waals surface area contributed by atoms with Crippen LogP contribution < -0.4 is 26.9 Å². The van der Waals surface area contributed by atoms with E-state index in [1.165, 1.54) is 18.2 Å². The highest BCUT2D eigenvalue weighted by Crippen LogP contribution is 2.35. The van der Waals surface area contributed by atoms with Crippen molar-refractivity contribution in [2.45, 2.75) is 6.61 Å². The third kappa shape index (κ3) is 2.28. The highest BCUT2D eigenvalue weighted by atomic mass is 19.1. The molecule has 0 saturated carbocycles. The molecule has 1 aliphatic rings. The van der Waals surface area contributed by atoms with Crippen molar-refractivity contribution in [2.24, 2.45) is 0 Å². The number of nitrogen functional groups attached to an aromatic ring is 1. The molecule has 0 spiro atoms. The van der Waals surface area contributed by atoms with Crippen LogP contribution in [0.4, 0.5) is 26.1 Å². The molecule has 0 unspecified atom stereocenters. The standard InChI is InChI=1S/C12H11F2N5O/c13-7-2-1-6(8(14)3-7)5-20-9-4-10(15)16-12-11(9)17-19-18-12/h1-4,17,19H,5H2,(H3,15,16,18). The van der Waals surface area contributed by atoms with Gasteiger partial charge < -0.3 is 10.5 Å². The van der Waals surface area contributed by atoms with Gasteiger partial charge in [0, 0.05) is 17.7 Å². The fourth-order valence-electron chi connectivity index (χ4n) is 1.81. The molecule has 1 aromatic heterocycles. The van der Waals surface area contributed by atoms with Crippen LogP contribution in [-0.2, 0) is 6.61 Å². The second-order valence-corrected chi connectivity index (χ2v) is 4.17. The van der Waals surface area contributed by atoms with E-state index < -0.39 is 11.6 Å². The Balaban J connectivity index is 1.82. The number of anilines is 3. The first kappa shape index (κ1) is 12.4. The number of fused-ring (bicyclic) bond motifs is 1. The van der Waals surface area contributed by atoms with Gasteiger partial charge >= 0.3 is 0 Å². The van der Waals surface area contributed by atoms with Crippen molar-refractivity contribution >= 4 is 17.3 Å². The van der Waals surface area contributed by atoms with E-state index in [9.17, 15) is 8.78 Å². The van der Waals surface area contributed by atoms with Crippen LogP contribution in [0.15, 0.2) is 24.3 Å². The highest BCUT2D eigenvalue weighted by Gasteiger charge is 2.18. The van der Waals surface area contributed by atoms with E-state index in [-0.39, 0.29) is 18.0 Å². The summed E-state index contributed by atoms with van der Waals surface area (Å²) < 4.78 is 31.8. The van der Waals surface area contributed by atoms with Crippen molar-refractivity contribution < 1.29 is 13.5 Å². The zero-order valence-corrected chi connectivity index (χ0v) is 10.2. The number of nitrogens with zero attached hydrogens (tertiary/aromatic N) is 1. The molecular weight excluding hydrogens is 268 g/mol. The Labute approximate surface area is 112 Å². The molecule has 8 heteroatoms. The predicted octanol–water partition coefficient (Wildman–Crippen LogP) is 1.78. The fraction of sp³-hybridized carbons (Fsp3) is 0.0833. The Kier molecular flexibility index (Phi) is 2.99. The maximum absolute atomic E-state index is 13.5. The number of halogens is 2. The van der Waals surface area contributed by atoms with Gasteiger partial charge in [-0.3, -0.25) is 10.9 Å². The minimum Gasteiger partial charge on any atom is -0.486 e. The van der Waals surface area contributed by atoms with Crippen LogP contribution in [0.3, 0.4) is 0 Å². The van der Waals surface area contributed by atoms with Gasteiger partial charge in [-0.15, -0.1) is 5.53 Å². The van der Waals surface area contributed by atoms with Crippen LogP contribution in [0.5, 0.6) is 5.75 Å². The number of rotatable bonds is 3. The van der Waals surface area contributed by atoms with Gasteiger partial charge in [0.25, 0.3) is 0 Å². The lowest BCUT2D eigenvalue weighted by Crippen LogP contribution is -2.19. The molecule has 5 N–H and O–H groups in total. The molecule has 6 nitrogen and oxygen atoms in total. The Morgan fingerprint density at radius 2 is 2.05 bits per heavy atom. The van der Waals surface area contributed by atoms with Gasteiger partial charge in [-0.1, -0.05) is 0 Å². The average Bonchev–Trinajstić information content (AvgIpc) is 2.85. The molecule has 0 fully saturated rings. The Hall–Kier alpha value is -2.61. The second-order valence-electron chi connectivity index (χ2n) is 4.17. The summed E-state index contributed by atoms with van der Waals surface area (Å²) in [5.74, 6) is -0.132. The molecule has 0 atom stereocenters. The third-order valence-corrected chi connectivity index (χ3v) is 2.77. The van der Waals surface area contributed by atoms with Crippen LogP contribution in [0, 0.1) is 11.6 Å². The Morgan fingerprint density at radius 1 is 1.20 bits per heavy atom. The zero-order valence-electron chi connectivity index (χ0n) is 10.2. The number of benzene rings is 1. The highest BCUT2D eigenvalue weighted by molar-refractivity contribution is 5.76. The molecule has 1 aliphatic heterocycles. The van der Waals surface area contributed by atoms with Crippen molar-refractivity contribution in [3.63, 3.8) is 0 Å². The summed E-state index contributed by atoms with van der Waals surface area (Å²) in [4.78, 5) is 4.04. The molecule has 3 rings (SSSR count). The van der Waals surface area contributed by atoms with E-state index in [0.717, 1.165) is 6.07 Å². The van der Waals surface area contributed by atoms with Gasteiger partial charge in [-0.25, -0.2) is 13.8 Å². The van der Waals surface area contributed by atoms with E-state index >= 15 is 0 Å². The summed E-state index contributed by atoms with van der Waals surface area (Å²) in [6.07, 6.45) is 0. The molecule has 0 saturated heterocycles. The molecule has 1 aromatic carbocycles. The number of nitrogens with one attached hydrogen (secondary N) is 3. The van der Waals surface area contributed by atoms with Crippen molar-refractivity contribution in [3.8, 4) is 5.75 Å². The van der Waals surface area contributed by atoms with E-state index in [2.05, 4.69) is 21.4 Å². The van der Waals surface area contributed by atoms with Crippen LogP contribution in [0.1, 0.15) is 5.56 Å². The molecule has 20 heavy (non-hydrogen) atoms. The van der Waals surface area contributed by atoms with Crippen LogP contribution in [-0.4, -0.2) is 4.98 Å². The molecule has 2 heterocycles. The predicted molar refractivity (Wildman–Crippen MR) is 69.7 cm³/mol. The topological polar surface area (TPSA) is 84.2 Å². The summed E-state index contributed by atoms with van der Waals surface area (Å²) in [5.41, 5.74) is 14.6. The lowest BCUT2D eigenvalue weighted by molar-refractivity contribution is 0.301. The van der Waals surface area contributed by atoms with Crippen molar-refractivity contribution in [1.29, 1.82) is 0 Å². The number of hydrogen-bond acceptors (Lipinski definition) is 6. The monoisotopic (exact) mass is 279 g/mol. The van der Waals surface area contributed by atoms with E-state index in [1.807, 2.05) is 0 Å². The van der Waals surface area contributed by atoms with Gasteiger partial charge in [-0.2, -0.15) is 0 Å². The summed E-state index contributed by atoms with van der Waals surface area (Å²) in [6.45, 7) is -0.0519. The number of hydrogen-bond donors (Lipinski definition) is 4. The first-order valence-corrected chi connectivity index (χ1v) is 5.78. The Bertz CT molecular complexity index is 665. The first-order valence-electron chi connectivity index (χ1n) is 5.78. The summed E-state index contributed by atoms with van der Waals surface area (Å²) in [6, 6.07) is 4.83. The quantitative estimate of drug-likeness (QED) is 0.685. The SMILES string of the molecule is Nc1cc(OCc2ccc(F)cc2F)c2c(n1)NNN2. The van der Waals surface area contributed by atoms with Gasteiger partial charge in [0.15, 0.2) is 11.6 Å². The van der Waals surface area contributed by atoms with E-state index in [4.69, 9.17) is 10.5 Å². The smallest absolute Gasteiger partial charge is 0.172 e. The minimum atomic E-state index is -0.659. The second kappa shape index (κ2) is 4.82.